The van der Waals surface area contributed by atoms with Crippen LogP contribution in [0, 0.1) is 0 Å². The van der Waals surface area contributed by atoms with Gasteiger partial charge in [-0.3, -0.25) is 4.90 Å². The average molecular weight is 196 g/mol. The molecule has 2 rings (SSSR count). The molecule has 1 atom stereocenters. The van der Waals surface area contributed by atoms with Crippen molar-refractivity contribution in [3.05, 3.63) is 0 Å². The summed E-state index contributed by atoms with van der Waals surface area (Å²) < 4.78 is 0. The lowest BCUT2D eigenvalue weighted by atomic mass is 9.95. The van der Waals surface area contributed by atoms with E-state index in [0.717, 1.165) is 0 Å². The molecule has 0 radical (unpaired) electrons. The summed E-state index contributed by atoms with van der Waals surface area (Å²) >= 11 is 0. The minimum atomic E-state index is 0.577. The highest BCUT2D eigenvalue weighted by Gasteiger charge is 2.42. The summed E-state index contributed by atoms with van der Waals surface area (Å²) in [4.78, 5) is 2.77. The van der Waals surface area contributed by atoms with Gasteiger partial charge in [0.15, 0.2) is 0 Å². The minimum Gasteiger partial charge on any atom is -0.315 e. The molecule has 0 saturated carbocycles. The molecule has 0 aliphatic carbocycles. The second-order valence-corrected chi connectivity index (χ2v) is 4.95. The summed E-state index contributed by atoms with van der Waals surface area (Å²) in [5, 5.41) is 3.53. The predicted octanol–water partition coefficient (Wildman–Crippen LogP) is 2.00. The van der Waals surface area contributed by atoms with Crippen molar-refractivity contribution in [2.45, 2.75) is 51.0 Å². The fraction of sp³-hybridized carbons (Fsp3) is 1.00. The number of hydrogen-bond acceptors (Lipinski definition) is 2. The second kappa shape index (κ2) is 4.63. The third-order valence-corrected chi connectivity index (χ3v) is 3.99. The number of nitrogens with zero attached hydrogens (tertiary/aromatic N) is 1. The standard InChI is InChI=1S/C12H24N2/c1-2-3-4-9-14-10-5-6-12(14)7-8-13-11-12/h13H,2-11H2,1H3. The molecule has 2 saturated heterocycles. The Kier molecular flexibility index (Phi) is 3.45. The third-order valence-electron chi connectivity index (χ3n) is 3.99. The van der Waals surface area contributed by atoms with Gasteiger partial charge < -0.3 is 5.32 Å². The Morgan fingerprint density at radius 3 is 2.93 bits per heavy atom. The van der Waals surface area contributed by atoms with Crippen LogP contribution in [-0.4, -0.2) is 36.6 Å². The van der Waals surface area contributed by atoms with E-state index in [2.05, 4.69) is 17.1 Å². The van der Waals surface area contributed by atoms with Crippen molar-refractivity contribution in [3.8, 4) is 0 Å². The van der Waals surface area contributed by atoms with Crippen molar-refractivity contribution in [2.75, 3.05) is 26.2 Å². The highest BCUT2D eigenvalue weighted by Crippen LogP contribution is 2.34. The maximum atomic E-state index is 3.53. The molecule has 82 valence electrons. The van der Waals surface area contributed by atoms with Crippen molar-refractivity contribution >= 4 is 0 Å². The van der Waals surface area contributed by atoms with Crippen molar-refractivity contribution in [3.63, 3.8) is 0 Å². The van der Waals surface area contributed by atoms with Crippen molar-refractivity contribution in [1.82, 2.24) is 10.2 Å². The van der Waals surface area contributed by atoms with Crippen LogP contribution in [-0.2, 0) is 0 Å². The lowest BCUT2D eigenvalue weighted by molar-refractivity contribution is 0.153. The van der Waals surface area contributed by atoms with E-state index >= 15 is 0 Å². The fourth-order valence-corrected chi connectivity index (χ4v) is 3.11. The molecule has 1 spiro atoms. The smallest absolute Gasteiger partial charge is 0.0346 e. The quantitative estimate of drug-likeness (QED) is 0.692. The number of unbranched alkanes of at least 4 members (excludes halogenated alkanes) is 2. The van der Waals surface area contributed by atoms with Crippen molar-refractivity contribution in [1.29, 1.82) is 0 Å². The van der Waals surface area contributed by atoms with Crippen LogP contribution in [0.3, 0.4) is 0 Å². The second-order valence-electron chi connectivity index (χ2n) is 4.95. The van der Waals surface area contributed by atoms with Crippen molar-refractivity contribution < 1.29 is 0 Å². The van der Waals surface area contributed by atoms with E-state index in [0.29, 0.717) is 5.54 Å². The van der Waals surface area contributed by atoms with Gasteiger partial charge in [-0.05, 0) is 45.3 Å². The summed E-state index contributed by atoms with van der Waals surface area (Å²) in [6, 6.07) is 0. The van der Waals surface area contributed by atoms with E-state index in [4.69, 9.17) is 0 Å². The van der Waals surface area contributed by atoms with Crippen LogP contribution >= 0.6 is 0 Å². The van der Waals surface area contributed by atoms with Crippen LogP contribution in [0.5, 0.6) is 0 Å². The molecule has 1 N–H and O–H groups in total. The molecule has 1 unspecified atom stereocenters. The maximum absolute atomic E-state index is 3.53. The van der Waals surface area contributed by atoms with Gasteiger partial charge in [0.05, 0.1) is 0 Å². The zero-order valence-electron chi connectivity index (χ0n) is 9.52. The first-order valence-electron chi connectivity index (χ1n) is 6.33. The monoisotopic (exact) mass is 196 g/mol. The fourth-order valence-electron chi connectivity index (χ4n) is 3.11. The molecule has 0 aromatic heterocycles. The lowest BCUT2D eigenvalue weighted by Crippen LogP contribution is -2.45. The first-order chi connectivity index (χ1) is 6.87. The molecule has 0 bridgehead atoms. The maximum Gasteiger partial charge on any atom is 0.0346 e. The Labute approximate surface area is 88.1 Å². The SMILES string of the molecule is CCCCCN1CCCC12CCNC2. The van der Waals surface area contributed by atoms with Gasteiger partial charge in [0.1, 0.15) is 0 Å². The van der Waals surface area contributed by atoms with Crippen molar-refractivity contribution in [2.24, 2.45) is 0 Å². The number of hydrogen-bond donors (Lipinski definition) is 1. The number of likely N-dealkylation sites (tertiary alicyclic amines) is 1. The molecule has 2 nitrogen and oxygen atoms in total. The summed E-state index contributed by atoms with van der Waals surface area (Å²) in [7, 11) is 0. The molecule has 2 heterocycles. The van der Waals surface area contributed by atoms with Gasteiger partial charge in [-0.25, -0.2) is 0 Å². The van der Waals surface area contributed by atoms with Gasteiger partial charge in [-0.1, -0.05) is 19.8 Å². The van der Waals surface area contributed by atoms with Crippen LogP contribution in [0.25, 0.3) is 0 Å². The Morgan fingerprint density at radius 2 is 2.21 bits per heavy atom. The summed E-state index contributed by atoms with van der Waals surface area (Å²) in [6.45, 7) is 7.47. The molecule has 2 heteroatoms. The molecule has 2 aliphatic heterocycles. The molecular weight excluding hydrogens is 172 g/mol. The Balaban J connectivity index is 1.84. The van der Waals surface area contributed by atoms with Crippen LogP contribution in [0.1, 0.15) is 45.4 Å². The number of rotatable bonds is 4. The molecular formula is C12H24N2. The topological polar surface area (TPSA) is 15.3 Å². The average Bonchev–Trinajstić information content (AvgIpc) is 2.80. The first kappa shape index (κ1) is 10.4. The predicted molar refractivity (Wildman–Crippen MR) is 60.5 cm³/mol. The molecule has 2 aliphatic rings. The van der Waals surface area contributed by atoms with E-state index in [1.54, 1.807) is 0 Å². The molecule has 0 aromatic rings. The van der Waals surface area contributed by atoms with E-state index in [-0.39, 0.29) is 0 Å². The Hall–Kier alpha value is -0.0800. The Morgan fingerprint density at radius 1 is 1.29 bits per heavy atom. The summed E-state index contributed by atoms with van der Waals surface area (Å²) in [6.07, 6.45) is 8.40. The van der Waals surface area contributed by atoms with Crippen LogP contribution in [0.4, 0.5) is 0 Å². The van der Waals surface area contributed by atoms with Crippen LogP contribution in [0.2, 0.25) is 0 Å². The van der Waals surface area contributed by atoms with E-state index in [1.165, 1.54) is 64.7 Å². The van der Waals surface area contributed by atoms with Gasteiger partial charge in [-0.15, -0.1) is 0 Å². The largest absolute Gasteiger partial charge is 0.315 e. The molecule has 2 fully saturated rings. The van der Waals surface area contributed by atoms with E-state index in [9.17, 15) is 0 Å². The summed E-state index contributed by atoms with van der Waals surface area (Å²) in [5.41, 5.74) is 0.577. The van der Waals surface area contributed by atoms with Gasteiger partial charge in [0, 0.05) is 12.1 Å². The van der Waals surface area contributed by atoms with Crippen LogP contribution in [0.15, 0.2) is 0 Å². The van der Waals surface area contributed by atoms with Gasteiger partial charge in [0.25, 0.3) is 0 Å². The van der Waals surface area contributed by atoms with E-state index < -0.39 is 0 Å². The highest BCUT2D eigenvalue weighted by atomic mass is 15.3. The van der Waals surface area contributed by atoms with Crippen LogP contribution < -0.4 is 5.32 Å². The lowest BCUT2D eigenvalue weighted by Gasteiger charge is -2.34. The minimum absolute atomic E-state index is 0.577. The first-order valence-corrected chi connectivity index (χ1v) is 6.33. The zero-order valence-corrected chi connectivity index (χ0v) is 9.52. The van der Waals surface area contributed by atoms with Gasteiger partial charge >= 0.3 is 0 Å². The van der Waals surface area contributed by atoms with Gasteiger partial charge in [-0.2, -0.15) is 0 Å². The number of nitrogens with one attached hydrogen (secondary N) is 1. The third kappa shape index (κ3) is 1.96. The van der Waals surface area contributed by atoms with E-state index in [1.807, 2.05) is 0 Å². The van der Waals surface area contributed by atoms with Gasteiger partial charge in [0.2, 0.25) is 0 Å². The normalized spacial score (nSPS) is 33.2. The highest BCUT2D eigenvalue weighted by molar-refractivity contribution is 5.01. The molecule has 0 aromatic carbocycles. The summed E-state index contributed by atoms with van der Waals surface area (Å²) in [5.74, 6) is 0. The zero-order chi connectivity index (χ0) is 9.86. The molecule has 14 heavy (non-hydrogen) atoms. The Bertz CT molecular complexity index is 168. The molecule has 0 amide bonds.